The molecule has 0 bridgehead atoms. The summed E-state index contributed by atoms with van der Waals surface area (Å²) in [4.78, 5) is 30.5. The molecule has 6 rings (SSSR count). The van der Waals surface area contributed by atoms with Crippen molar-refractivity contribution in [3.05, 3.63) is 48.2 Å². The molecule has 4 aromatic rings. The summed E-state index contributed by atoms with van der Waals surface area (Å²) < 4.78 is 16.8. The largest absolute Gasteiger partial charge is 0.496 e. The lowest BCUT2D eigenvalue weighted by molar-refractivity contribution is 0.0374. The van der Waals surface area contributed by atoms with E-state index in [1.807, 2.05) is 36.5 Å². The number of aryl methyl sites for hydroxylation is 1. The zero-order valence-electron chi connectivity index (χ0n) is 22.7. The predicted octanol–water partition coefficient (Wildman–Crippen LogP) is 3.87. The zero-order chi connectivity index (χ0) is 27.3. The van der Waals surface area contributed by atoms with Crippen molar-refractivity contribution in [2.24, 2.45) is 0 Å². The molecule has 0 atom stereocenters. The molecule has 40 heavy (non-hydrogen) atoms. The van der Waals surface area contributed by atoms with Crippen LogP contribution in [0.5, 0.6) is 5.75 Å². The molecule has 2 aliphatic rings. The molecule has 2 aromatic heterocycles. The van der Waals surface area contributed by atoms with Crippen LogP contribution in [0.2, 0.25) is 0 Å². The summed E-state index contributed by atoms with van der Waals surface area (Å²) in [6.45, 7) is 7.09. The number of carbonyl (C=O) groups excluding carboxylic acids is 1. The van der Waals surface area contributed by atoms with Gasteiger partial charge in [0.05, 0.1) is 39.1 Å². The monoisotopic (exact) mass is 545 g/mol. The van der Waals surface area contributed by atoms with Crippen LogP contribution < -0.4 is 20.3 Å². The number of rotatable bonds is 8. The fourth-order valence-electron chi connectivity index (χ4n) is 5.29. The Kier molecular flexibility index (Phi) is 7.94. The van der Waals surface area contributed by atoms with Crippen LogP contribution in [-0.2, 0) is 15.9 Å². The lowest BCUT2D eigenvalue weighted by atomic mass is 10.0. The Morgan fingerprint density at radius 3 is 2.60 bits per heavy atom. The zero-order valence-corrected chi connectivity index (χ0v) is 22.7. The van der Waals surface area contributed by atoms with Gasteiger partial charge in [-0.15, -0.1) is 0 Å². The second kappa shape index (κ2) is 12.1. The Bertz CT molecular complexity index is 1480. The number of morpholine rings is 2. The first-order valence-electron chi connectivity index (χ1n) is 13.8. The van der Waals surface area contributed by atoms with Crippen molar-refractivity contribution >= 4 is 45.3 Å². The van der Waals surface area contributed by atoms with Gasteiger partial charge < -0.3 is 29.4 Å². The molecule has 0 spiro atoms. The minimum Gasteiger partial charge on any atom is -0.496 e. The first-order chi connectivity index (χ1) is 19.7. The van der Waals surface area contributed by atoms with Gasteiger partial charge in [0, 0.05) is 60.4 Å². The minimum absolute atomic E-state index is 0.368. The number of ether oxygens (including phenoxy) is 3. The number of amides is 2. The highest BCUT2D eigenvalue weighted by Crippen LogP contribution is 2.32. The van der Waals surface area contributed by atoms with Crippen LogP contribution in [0.25, 0.3) is 21.8 Å². The van der Waals surface area contributed by atoms with Gasteiger partial charge >= 0.3 is 6.03 Å². The van der Waals surface area contributed by atoms with Gasteiger partial charge in [-0.3, -0.25) is 10.2 Å². The molecule has 2 saturated heterocycles. The summed E-state index contributed by atoms with van der Waals surface area (Å²) in [5, 5.41) is 7.74. The lowest BCUT2D eigenvalue weighted by Gasteiger charge is -2.27. The van der Waals surface area contributed by atoms with Gasteiger partial charge in [-0.2, -0.15) is 4.98 Å². The highest BCUT2D eigenvalue weighted by atomic mass is 16.5. The molecule has 0 aliphatic carbocycles. The molecule has 0 radical (unpaired) electrons. The fraction of sp³-hybridized carbons (Fsp3) is 0.414. The maximum atomic E-state index is 13.2. The van der Waals surface area contributed by atoms with Gasteiger partial charge in [0.1, 0.15) is 11.6 Å². The summed E-state index contributed by atoms with van der Waals surface area (Å²) >= 11 is 0. The number of aromatic nitrogens is 3. The van der Waals surface area contributed by atoms with E-state index in [-0.39, 0.29) is 6.03 Å². The van der Waals surface area contributed by atoms with Gasteiger partial charge in [-0.05, 0) is 55.3 Å². The Balaban J connectivity index is 1.28. The number of carbonyl (C=O) groups is 1. The van der Waals surface area contributed by atoms with Gasteiger partial charge in [0.2, 0.25) is 5.95 Å². The molecule has 210 valence electrons. The fourth-order valence-corrected chi connectivity index (χ4v) is 5.29. The molecule has 11 heteroatoms. The molecular weight excluding hydrogens is 510 g/mol. The second-order valence-corrected chi connectivity index (χ2v) is 10.1. The van der Waals surface area contributed by atoms with Crippen molar-refractivity contribution in [2.75, 3.05) is 81.8 Å². The smallest absolute Gasteiger partial charge is 0.324 e. The van der Waals surface area contributed by atoms with Gasteiger partial charge in [0.15, 0.2) is 0 Å². The highest BCUT2D eigenvalue weighted by Gasteiger charge is 2.20. The normalized spacial score (nSPS) is 16.4. The van der Waals surface area contributed by atoms with E-state index in [1.165, 1.54) is 0 Å². The van der Waals surface area contributed by atoms with Crippen LogP contribution in [0.1, 0.15) is 12.0 Å². The number of H-pyrrole nitrogens is 1. The Labute approximate surface area is 232 Å². The molecule has 2 aromatic carbocycles. The van der Waals surface area contributed by atoms with Crippen LogP contribution in [0.15, 0.2) is 42.6 Å². The minimum atomic E-state index is -0.368. The van der Waals surface area contributed by atoms with Gasteiger partial charge in [-0.1, -0.05) is 0 Å². The first kappa shape index (κ1) is 26.3. The molecule has 0 unspecified atom stereocenters. The van der Waals surface area contributed by atoms with E-state index in [2.05, 4.69) is 31.5 Å². The molecule has 2 amide bonds. The number of anilines is 3. The number of hydrogen-bond acceptors (Lipinski definition) is 8. The van der Waals surface area contributed by atoms with Crippen LogP contribution >= 0.6 is 0 Å². The molecule has 0 saturated carbocycles. The summed E-state index contributed by atoms with van der Waals surface area (Å²) in [6.07, 6.45) is 3.70. The van der Waals surface area contributed by atoms with E-state index >= 15 is 0 Å². The van der Waals surface area contributed by atoms with Gasteiger partial charge in [0.25, 0.3) is 0 Å². The Morgan fingerprint density at radius 2 is 1.80 bits per heavy atom. The van der Waals surface area contributed by atoms with E-state index in [9.17, 15) is 4.79 Å². The number of urea groups is 1. The van der Waals surface area contributed by atoms with Gasteiger partial charge in [-0.25, -0.2) is 9.78 Å². The van der Waals surface area contributed by atoms with E-state index in [1.54, 1.807) is 7.11 Å². The maximum Gasteiger partial charge on any atom is 0.324 e. The van der Waals surface area contributed by atoms with Crippen molar-refractivity contribution < 1.29 is 19.0 Å². The Hall–Kier alpha value is -3.93. The number of aromatic amines is 1. The molecule has 4 heterocycles. The van der Waals surface area contributed by atoms with Crippen molar-refractivity contribution in [1.82, 2.24) is 19.9 Å². The third kappa shape index (κ3) is 5.96. The highest BCUT2D eigenvalue weighted by molar-refractivity contribution is 6.05. The maximum absolute atomic E-state index is 13.2. The van der Waals surface area contributed by atoms with Crippen LogP contribution in [0.4, 0.5) is 22.2 Å². The number of methoxy groups -OCH3 is 1. The summed E-state index contributed by atoms with van der Waals surface area (Å²) in [5.41, 5.74) is 3.49. The topological polar surface area (TPSA) is 117 Å². The van der Waals surface area contributed by atoms with Crippen molar-refractivity contribution in [2.45, 2.75) is 12.8 Å². The third-order valence-corrected chi connectivity index (χ3v) is 7.45. The predicted molar refractivity (Wildman–Crippen MR) is 156 cm³/mol. The van der Waals surface area contributed by atoms with E-state index < -0.39 is 0 Å². The van der Waals surface area contributed by atoms with Crippen molar-refractivity contribution in [1.29, 1.82) is 0 Å². The summed E-state index contributed by atoms with van der Waals surface area (Å²) in [5.74, 6) is 1.81. The van der Waals surface area contributed by atoms with Crippen LogP contribution in [-0.4, -0.2) is 92.1 Å². The Morgan fingerprint density at radius 1 is 1.00 bits per heavy atom. The quantitative estimate of drug-likeness (QED) is 0.306. The second-order valence-electron chi connectivity index (χ2n) is 10.1. The van der Waals surface area contributed by atoms with Crippen molar-refractivity contribution in [3.8, 4) is 5.75 Å². The number of nitrogens with zero attached hydrogens (tertiary/aromatic N) is 4. The average molecular weight is 546 g/mol. The summed E-state index contributed by atoms with van der Waals surface area (Å²) in [6, 6.07) is 11.3. The first-order valence-corrected chi connectivity index (χ1v) is 13.8. The number of fused-ring (bicyclic) bond motifs is 2. The molecule has 2 aliphatic heterocycles. The van der Waals surface area contributed by atoms with Crippen LogP contribution in [0, 0.1) is 0 Å². The third-order valence-electron chi connectivity index (χ3n) is 7.45. The van der Waals surface area contributed by atoms with E-state index in [0.717, 1.165) is 73.3 Å². The molecular formula is C29H35N7O4. The molecule has 3 N–H and O–H groups in total. The van der Waals surface area contributed by atoms with Crippen LogP contribution in [0.3, 0.4) is 0 Å². The standard InChI is InChI=1S/C29H35N7O4/c1-38-26-19-25-23(18-21(26)3-2-8-35-9-13-39-14-10-35)27(33-28(32-25)36-11-15-40-16-12-36)34-29(37)31-22-4-5-24-20(17-22)6-7-30-24/h4-7,17-19,30H,2-3,8-16H2,1H3,(H2,31,32,33,34,37). The number of nitrogens with one attached hydrogen (secondary N) is 3. The van der Waals surface area contributed by atoms with E-state index in [0.29, 0.717) is 49.3 Å². The lowest BCUT2D eigenvalue weighted by Crippen LogP contribution is -2.37. The van der Waals surface area contributed by atoms with E-state index in [4.69, 9.17) is 24.2 Å². The number of benzene rings is 2. The SMILES string of the molecule is COc1cc2nc(N3CCOCC3)nc(NC(=O)Nc3ccc4[nH]ccc4c3)c2cc1CCCN1CCOCC1. The van der Waals surface area contributed by atoms with Crippen molar-refractivity contribution in [3.63, 3.8) is 0 Å². The average Bonchev–Trinajstić information content (AvgIpc) is 3.46. The number of hydrogen-bond donors (Lipinski definition) is 3. The molecule has 11 nitrogen and oxygen atoms in total. The molecule has 2 fully saturated rings. The summed E-state index contributed by atoms with van der Waals surface area (Å²) in [7, 11) is 1.69.